The molecule has 1 aromatic carbocycles. The van der Waals surface area contributed by atoms with E-state index in [-0.39, 0.29) is 6.04 Å². The highest BCUT2D eigenvalue weighted by Gasteiger charge is 2.29. The van der Waals surface area contributed by atoms with E-state index >= 15 is 0 Å². The van der Waals surface area contributed by atoms with Crippen molar-refractivity contribution in [3.8, 4) is 6.07 Å². The maximum Gasteiger partial charge on any atom is 0.131 e. The molecule has 0 N–H and O–H groups in total. The minimum atomic E-state index is -0.0622. The van der Waals surface area contributed by atoms with Crippen molar-refractivity contribution in [2.75, 3.05) is 24.7 Å². The van der Waals surface area contributed by atoms with Gasteiger partial charge < -0.3 is 14.1 Å². The number of furan rings is 1. The Balaban J connectivity index is 1.79. The molecular formula is C20H18ClN3O2. The van der Waals surface area contributed by atoms with E-state index in [1.807, 2.05) is 24.3 Å². The van der Waals surface area contributed by atoms with Crippen LogP contribution in [-0.4, -0.2) is 24.7 Å². The van der Waals surface area contributed by atoms with Crippen LogP contribution in [0.1, 0.15) is 30.0 Å². The fourth-order valence-corrected chi connectivity index (χ4v) is 3.47. The number of fused-ring (bicyclic) bond motifs is 1. The van der Waals surface area contributed by atoms with Gasteiger partial charge in [-0.2, -0.15) is 5.26 Å². The molecule has 1 aliphatic rings. The van der Waals surface area contributed by atoms with Gasteiger partial charge in [0.2, 0.25) is 0 Å². The third-order valence-corrected chi connectivity index (χ3v) is 4.89. The molecule has 1 saturated heterocycles. The van der Waals surface area contributed by atoms with Gasteiger partial charge in [0.15, 0.2) is 0 Å². The summed E-state index contributed by atoms with van der Waals surface area (Å²) in [6.07, 6.45) is 0.848. The number of anilines is 1. The fourth-order valence-electron chi connectivity index (χ4n) is 3.30. The molecule has 0 spiro atoms. The van der Waals surface area contributed by atoms with Gasteiger partial charge in [-0.05, 0) is 36.4 Å². The molecule has 0 saturated carbocycles. The first-order chi connectivity index (χ1) is 12.7. The molecule has 6 heteroatoms. The third kappa shape index (κ3) is 3.03. The van der Waals surface area contributed by atoms with Gasteiger partial charge in [-0.3, -0.25) is 0 Å². The number of nitriles is 1. The lowest BCUT2D eigenvalue weighted by atomic mass is 10.1. The van der Waals surface area contributed by atoms with Crippen LogP contribution in [-0.2, 0) is 11.2 Å². The van der Waals surface area contributed by atoms with E-state index in [0.717, 1.165) is 34.7 Å². The van der Waals surface area contributed by atoms with Gasteiger partial charge in [0.1, 0.15) is 23.4 Å². The first-order valence-corrected chi connectivity index (χ1v) is 9.01. The van der Waals surface area contributed by atoms with Crippen LogP contribution in [0.25, 0.3) is 10.9 Å². The highest BCUT2D eigenvalue weighted by Crippen LogP contribution is 2.32. The standard InChI is InChI=1S/C20H18ClN3O2/c1-2-15-4-6-19(26-15)18-12-25-8-7-24(18)20-9-13(11-22)16-10-14(21)3-5-17(16)23-20/h3-6,9-10,18H,2,7-8,12H2,1H3. The molecule has 3 heterocycles. The van der Waals surface area contributed by atoms with E-state index in [0.29, 0.717) is 30.3 Å². The summed E-state index contributed by atoms with van der Waals surface area (Å²) in [6.45, 7) is 3.88. The van der Waals surface area contributed by atoms with E-state index in [1.165, 1.54) is 0 Å². The van der Waals surface area contributed by atoms with Crippen LogP contribution >= 0.6 is 11.6 Å². The van der Waals surface area contributed by atoms with Gasteiger partial charge in [-0.25, -0.2) is 4.98 Å². The summed E-state index contributed by atoms with van der Waals surface area (Å²) in [4.78, 5) is 6.92. The van der Waals surface area contributed by atoms with Gasteiger partial charge in [0.25, 0.3) is 0 Å². The van der Waals surface area contributed by atoms with E-state index in [2.05, 4.69) is 17.9 Å². The van der Waals surface area contributed by atoms with Crippen molar-refractivity contribution in [1.82, 2.24) is 4.98 Å². The molecule has 0 amide bonds. The molecular weight excluding hydrogens is 350 g/mol. The third-order valence-electron chi connectivity index (χ3n) is 4.66. The number of aromatic nitrogens is 1. The van der Waals surface area contributed by atoms with E-state index in [9.17, 15) is 5.26 Å². The molecule has 2 aromatic heterocycles. The molecule has 0 bridgehead atoms. The molecule has 1 fully saturated rings. The first-order valence-electron chi connectivity index (χ1n) is 8.63. The summed E-state index contributed by atoms with van der Waals surface area (Å²) in [5, 5.41) is 10.9. The summed E-state index contributed by atoms with van der Waals surface area (Å²) >= 11 is 6.08. The Morgan fingerprint density at radius 2 is 2.19 bits per heavy atom. The Hall–Kier alpha value is -2.55. The van der Waals surface area contributed by atoms with Crippen LogP contribution < -0.4 is 4.90 Å². The van der Waals surface area contributed by atoms with Crippen molar-refractivity contribution in [2.45, 2.75) is 19.4 Å². The molecule has 0 radical (unpaired) electrons. The van der Waals surface area contributed by atoms with Gasteiger partial charge in [0.05, 0.1) is 30.4 Å². The second kappa shape index (κ2) is 6.99. The van der Waals surface area contributed by atoms with E-state index < -0.39 is 0 Å². The Kier molecular flexibility index (Phi) is 4.54. The average molecular weight is 368 g/mol. The van der Waals surface area contributed by atoms with Crippen molar-refractivity contribution in [3.05, 3.63) is 58.5 Å². The number of hydrogen-bond donors (Lipinski definition) is 0. The largest absolute Gasteiger partial charge is 0.464 e. The van der Waals surface area contributed by atoms with Gasteiger partial charge >= 0.3 is 0 Å². The Bertz CT molecular complexity index is 992. The number of benzene rings is 1. The number of ether oxygens (including phenoxy) is 1. The summed E-state index contributed by atoms with van der Waals surface area (Å²) < 4.78 is 11.6. The molecule has 5 nitrogen and oxygen atoms in total. The minimum absolute atomic E-state index is 0.0622. The highest BCUT2D eigenvalue weighted by atomic mass is 35.5. The second-order valence-corrected chi connectivity index (χ2v) is 6.68. The van der Waals surface area contributed by atoms with Crippen molar-refractivity contribution >= 4 is 28.3 Å². The fraction of sp³-hybridized carbons (Fsp3) is 0.300. The summed E-state index contributed by atoms with van der Waals surface area (Å²) in [7, 11) is 0. The van der Waals surface area contributed by atoms with Crippen LogP contribution in [0.5, 0.6) is 0 Å². The van der Waals surface area contributed by atoms with Gasteiger partial charge in [0, 0.05) is 23.4 Å². The smallest absolute Gasteiger partial charge is 0.131 e. The normalized spacial score (nSPS) is 17.4. The molecule has 4 rings (SSSR count). The maximum atomic E-state index is 9.58. The topological polar surface area (TPSA) is 62.3 Å². The van der Waals surface area contributed by atoms with Crippen molar-refractivity contribution in [1.29, 1.82) is 5.26 Å². The monoisotopic (exact) mass is 367 g/mol. The summed E-state index contributed by atoms with van der Waals surface area (Å²) in [6, 6.07) is 13.4. The zero-order chi connectivity index (χ0) is 18.1. The Morgan fingerprint density at radius 1 is 1.31 bits per heavy atom. The maximum absolute atomic E-state index is 9.58. The second-order valence-electron chi connectivity index (χ2n) is 6.24. The van der Waals surface area contributed by atoms with Crippen molar-refractivity contribution < 1.29 is 9.15 Å². The first kappa shape index (κ1) is 16.9. The number of halogens is 1. The molecule has 1 unspecified atom stereocenters. The summed E-state index contributed by atoms with van der Waals surface area (Å²) in [5.41, 5.74) is 1.31. The lowest BCUT2D eigenvalue weighted by molar-refractivity contribution is 0.0869. The lowest BCUT2D eigenvalue weighted by Crippen LogP contribution is -2.40. The number of rotatable bonds is 3. The molecule has 1 aliphatic heterocycles. The number of pyridine rings is 1. The predicted octanol–water partition coefficient (Wildman–Crippen LogP) is 4.49. The SMILES string of the molecule is CCc1ccc(C2COCCN2c2cc(C#N)c3cc(Cl)ccc3n2)o1. The molecule has 0 aliphatic carbocycles. The van der Waals surface area contributed by atoms with Crippen molar-refractivity contribution in [2.24, 2.45) is 0 Å². The Morgan fingerprint density at radius 3 is 2.96 bits per heavy atom. The molecule has 3 aromatic rings. The summed E-state index contributed by atoms with van der Waals surface area (Å²) in [5.74, 6) is 2.56. The van der Waals surface area contributed by atoms with Crippen LogP contribution in [0.2, 0.25) is 5.02 Å². The zero-order valence-corrected chi connectivity index (χ0v) is 15.2. The van der Waals surface area contributed by atoms with Gasteiger partial charge in [-0.15, -0.1) is 0 Å². The van der Waals surface area contributed by atoms with Gasteiger partial charge in [-0.1, -0.05) is 18.5 Å². The molecule has 132 valence electrons. The lowest BCUT2D eigenvalue weighted by Gasteiger charge is -2.35. The Labute approximate surface area is 156 Å². The minimum Gasteiger partial charge on any atom is -0.464 e. The number of hydrogen-bond acceptors (Lipinski definition) is 5. The van der Waals surface area contributed by atoms with Crippen LogP contribution in [0.4, 0.5) is 5.82 Å². The molecule has 26 heavy (non-hydrogen) atoms. The molecule has 1 atom stereocenters. The zero-order valence-electron chi connectivity index (χ0n) is 14.4. The van der Waals surface area contributed by atoms with Crippen LogP contribution in [0.3, 0.4) is 0 Å². The quantitative estimate of drug-likeness (QED) is 0.682. The number of morpholine rings is 1. The number of nitrogens with zero attached hydrogens (tertiary/aromatic N) is 3. The van der Waals surface area contributed by atoms with E-state index in [1.54, 1.807) is 12.1 Å². The number of aryl methyl sites for hydroxylation is 1. The van der Waals surface area contributed by atoms with Crippen LogP contribution in [0, 0.1) is 11.3 Å². The predicted molar refractivity (Wildman–Crippen MR) is 100 cm³/mol. The van der Waals surface area contributed by atoms with E-state index in [4.69, 9.17) is 25.7 Å². The van der Waals surface area contributed by atoms with Crippen LogP contribution in [0.15, 0.2) is 40.8 Å². The highest BCUT2D eigenvalue weighted by molar-refractivity contribution is 6.31. The average Bonchev–Trinajstić information content (AvgIpc) is 3.16. The van der Waals surface area contributed by atoms with Crippen molar-refractivity contribution in [3.63, 3.8) is 0 Å².